The van der Waals surface area contributed by atoms with Crippen LogP contribution in [-0.4, -0.2) is 215 Å². The molecular weight excluding hydrogens is 1510 g/mol. The van der Waals surface area contributed by atoms with Crippen LogP contribution < -0.4 is 25.4 Å². The summed E-state index contributed by atoms with van der Waals surface area (Å²) in [6, 6.07) is 29.3. The van der Waals surface area contributed by atoms with E-state index in [1.807, 2.05) is 91.0 Å². The number of imidazole rings is 3. The lowest BCUT2D eigenvalue weighted by molar-refractivity contribution is -0.0511. The van der Waals surface area contributed by atoms with Gasteiger partial charge in [0.1, 0.15) is 60.8 Å². The Kier molecular flexibility index (Phi) is 26.7. The fraction of sp³-hybridized carbons (Fsp3) is 0.400. The van der Waals surface area contributed by atoms with Crippen molar-refractivity contribution in [2.75, 3.05) is 61.8 Å². The van der Waals surface area contributed by atoms with E-state index >= 15 is 0 Å². The van der Waals surface area contributed by atoms with Crippen molar-refractivity contribution in [2.45, 2.75) is 93.3 Å². The summed E-state index contributed by atoms with van der Waals surface area (Å²) in [5.41, 5.74) is 5.30. The minimum Gasteiger partial charge on any atom is -0.467 e. The molecule has 36 nitrogen and oxygen atoms in total. The van der Waals surface area contributed by atoms with Crippen LogP contribution in [0.4, 0.5) is 17.5 Å². The molecule has 0 bridgehead atoms. The number of aliphatic hydroxyl groups excluding tert-OH is 8. The van der Waals surface area contributed by atoms with Crippen LogP contribution in [0.5, 0.6) is 12.0 Å². The zero-order valence-corrected chi connectivity index (χ0v) is 59.4. The molecule has 45 heteroatoms. The number of hydrogen-bond acceptors (Lipinski definition) is 30. The Labute approximate surface area is 590 Å². The molecule has 3 saturated heterocycles. The summed E-state index contributed by atoms with van der Waals surface area (Å²) in [5.74, 6) is -7.40. The predicted molar refractivity (Wildman–Crippen MR) is 364 cm³/mol. The van der Waals surface area contributed by atoms with Gasteiger partial charge in [0.2, 0.25) is 5.28 Å². The molecule has 3 aromatic carbocycles. The Bertz CT molecular complexity index is 4390. The van der Waals surface area contributed by atoms with E-state index < -0.39 is 132 Å². The summed E-state index contributed by atoms with van der Waals surface area (Å²) in [6.45, 7) is -0.0673. The van der Waals surface area contributed by atoms with Crippen LogP contribution in [0.25, 0.3) is 33.5 Å². The summed E-state index contributed by atoms with van der Waals surface area (Å²) in [6.07, 6.45) is -9.97. The molecule has 0 spiro atoms. The van der Waals surface area contributed by atoms with Crippen molar-refractivity contribution >= 4 is 134 Å². The number of methoxy groups -OCH3 is 2. The molecule has 6 aromatic heterocycles. The Morgan fingerprint density at radius 2 is 0.800 bits per heavy atom. The molecule has 3 aliphatic heterocycles. The van der Waals surface area contributed by atoms with Crippen LogP contribution in [0.1, 0.15) is 35.4 Å². The molecule has 0 saturated carbocycles. The van der Waals surface area contributed by atoms with E-state index in [-0.39, 0.29) is 23.0 Å². The molecule has 0 radical (unpaired) electrons. The number of nitrogens with one attached hydrogen (secondary N) is 3. The van der Waals surface area contributed by atoms with Gasteiger partial charge in [0.25, 0.3) is 11.7 Å². The quantitative estimate of drug-likeness (QED) is 0.0279. The highest BCUT2D eigenvalue weighted by Gasteiger charge is 2.48. The Hall–Kier alpha value is -5.92. The van der Waals surface area contributed by atoms with Gasteiger partial charge < -0.3 is 99.7 Å². The monoisotopic (exact) mass is 1570 g/mol. The van der Waals surface area contributed by atoms with Gasteiger partial charge in [-0.3, -0.25) is 32.0 Å². The van der Waals surface area contributed by atoms with Crippen LogP contribution in [0, 0.1) is 0 Å². The summed E-state index contributed by atoms with van der Waals surface area (Å²) >= 11 is 26.1. The van der Waals surface area contributed by atoms with E-state index in [0.29, 0.717) is 64.9 Å². The molecule has 100 heavy (non-hydrogen) atoms. The zero-order valence-electron chi connectivity index (χ0n) is 52.0. The van der Waals surface area contributed by atoms with Gasteiger partial charge >= 0.3 is 27.2 Å². The number of nitrogens with zero attached hydrogens (tertiary/aromatic N) is 12. The van der Waals surface area contributed by atoms with Crippen LogP contribution in [0.3, 0.4) is 0 Å². The first-order valence-electron chi connectivity index (χ1n) is 29.4. The first-order valence-corrected chi connectivity index (χ1v) is 40.8. The summed E-state index contributed by atoms with van der Waals surface area (Å²) in [4.78, 5) is 66.0. The van der Waals surface area contributed by atoms with Crippen molar-refractivity contribution in [2.24, 2.45) is 0 Å². The average Bonchev–Trinajstić information content (AvgIpc) is 1.62. The molecule has 12 rings (SSSR count). The Balaban J connectivity index is 0.000000166. The van der Waals surface area contributed by atoms with Gasteiger partial charge in [-0.1, -0.05) is 91.0 Å². The lowest BCUT2D eigenvalue weighted by Gasteiger charge is -2.18. The minimum atomic E-state index is -4.83. The number of halogens is 5. The molecule has 14 N–H and O–H groups in total. The van der Waals surface area contributed by atoms with Gasteiger partial charge in [-0.25, -0.2) is 15.0 Å². The van der Waals surface area contributed by atoms with Crippen molar-refractivity contribution in [3.05, 3.63) is 132 Å². The Morgan fingerprint density at radius 1 is 0.470 bits per heavy atom. The summed E-state index contributed by atoms with van der Waals surface area (Å²) in [7, 11) is -6.68. The van der Waals surface area contributed by atoms with Gasteiger partial charge in [0.15, 0.2) is 75.5 Å². The van der Waals surface area contributed by atoms with Gasteiger partial charge in [0.05, 0.1) is 53.0 Å². The molecule has 1 unspecified atom stereocenters. The normalized spacial score (nSPS) is 23.6. The van der Waals surface area contributed by atoms with Gasteiger partial charge in [0, 0.05) is 19.6 Å². The number of aromatic nitrogens is 12. The highest BCUT2D eigenvalue weighted by molar-refractivity contribution is 8.21. The molecule has 9 heterocycles. The first-order chi connectivity index (χ1) is 47.4. The smallest absolute Gasteiger partial charge is 0.340 e. The second-order valence-electron chi connectivity index (χ2n) is 22.0. The van der Waals surface area contributed by atoms with Gasteiger partial charge in [-0.05, 0) is 73.3 Å². The standard InChI is InChI=1S/C19H25N5O10P2.C18H21N5O5.C17H18ClN5O4.CH2Cl4O2P2/c1-32-19-22-16(20-7-11-5-3-2-4-6-11)13-17(23-19)24(9-21-13)18-15(26)14(25)12(34-18)8-33-36(30,31)10-35(27,28)29;1-27-18-21-15(19-7-10-5-3-2-4-6-10)12-16(22-18)23(9-20-12)17-14(26)13(25)11(8-24)28-17;18-17-21-14(19-6-9-4-2-1-3-5-9)11-15(22-17)23(8-20-11)16-13(26)12(25)10(7-24)27-16;2-8(3,6)1-9(4,5)7/h2-6,9,12,14-15,18,25-26H,7-8,10H2,1H3,(H,30,31)(H,20,22,23)(H2,27,28,29);2-6,9,11,13-14,17,24-26H,7-8H2,1H3,(H,19,21,22);1-5,8,10,12-13,16,24-26H,6-7H2,(H,19,21,22);1H2/t12-,14-,15-,18-;11-,13-,14-,17-;10-,12-,13-,16-;/m111./s1. The van der Waals surface area contributed by atoms with Crippen LogP contribution >= 0.6 is 83.5 Å². The van der Waals surface area contributed by atoms with E-state index in [0.717, 1.165) is 16.7 Å². The van der Waals surface area contributed by atoms with Crippen LogP contribution in [-0.2, 0) is 56.6 Å². The average molecular weight is 1570 g/mol. The molecule has 542 valence electrons. The minimum absolute atomic E-state index is 0.00591. The van der Waals surface area contributed by atoms with E-state index in [2.05, 4.69) is 60.8 Å². The largest absolute Gasteiger partial charge is 0.467 e. The van der Waals surface area contributed by atoms with E-state index in [9.17, 15) is 64.0 Å². The molecule has 13 atom stereocenters. The third kappa shape index (κ3) is 20.3. The van der Waals surface area contributed by atoms with E-state index in [1.165, 1.54) is 46.9 Å². The van der Waals surface area contributed by atoms with Crippen molar-refractivity contribution in [1.29, 1.82) is 0 Å². The van der Waals surface area contributed by atoms with E-state index in [1.54, 1.807) is 0 Å². The summed E-state index contributed by atoms with van der Waals surface area (Å²) in [5, 5.41) is 89.7. The highest BCUT2D eigenvalue weighted by atomic mass is 35.9. The van der Waals surface area contributed by atoms with Crippen molar-refractivity contribution in [1.82, 2.24) is 58.6 Å². The maximum Gasteiger partial charge on any atom is 0.340 e. The first kappa shape index (κ1) is 78.2. The maximum atomic E-state index is 11.9. The lowest BCUT2D eigenvalue weighted by atomic mass is 10.1. The maximum absolute atomic E-state index is 11.9. The zero-order chi connectivity index (χ0) is 72.4. The Morgan fingerprint density at radius 3 is 1.11 bits per heavy atom. The lowest BCUT2D eigenvalue weighted by Crippen LogP contribution is -2.33. The molecule has 0 aliphatic carbocycles. The van der Waals surface area contributed by atoms with E-state index in [4.69, 9.17) is 94.6 Å². The number of fused-ring (bicyclic) bond motifs is 3. The predicted octanol–water partition coefficient (Wildman–Crippen LogP) is 5.45. The molecule has 9 aromatic rings. The highest BCUT2D eigenvalue weighted by Crippen LogP contribution is 2.72. The fourth-order valence-corrected chi connectivity index (χ4v) is 21.8. The third-order valence-corrected chi connectivity index (χ3v) is 24.9. The second kappa shape index (κ2) is 34.1. The van der Waals surface area contributed by atoms with Crippen molar-refractivity contribution in [3.8, 4) is 12.0 Å². The van der Waals surface area contributed by atoms with Crippen molar-refractivity contribution in [3.63, 3.8) is 0 Å². The summed E-state index contributed by atoms with van der Waals surface area (Å²) < 4.78 is 80.0. The van der Waals surface area contributed by atoms with Crippen LogP contribution in [0.15, 0.2) is 110 Å². The number of benzene rings is 3. The number of hydrogen-bond donors (Lipinski definition) is 14. The molecule has 0 amide bonds. The fourth-order valence-electron chi connectivity index (χ4n) is 10.1. The molecular formula is C55H66Cl5N15O21P4. The van der Waals surface area contributed by atoms with Gasteiger partial charge in [-0.15, -0.1) is 0 Å². The number of aliphatic hydroxyl groups is 8. The third-order valence-electron chi connectivity index (χ3n) is 14.8. The second-order valence-corrected chi connectivity index (χ2v) is 37.3. The van der Waals surface area contributed by atoms with Crippen LogP contribution in [0.2, 0.25) is 5.28 Å². The van der Waals surface area contributed by atoms with Gasteiger partial charge in [-0.2, -0.15) is 29.9 Å². The molecule has 3 fully saturated rings. The number of ether oxygens (including phenoxy) is 5. The number of rotatable bonds is 23. The number of anilines is 3. The topological polar surface area (TPSA) is 513 Å². The molecule has 3 aliphatic rings. The SMILES string of the molecule is COc1nc(NCc2ccccc2)c2ncn([C@@H]3O[C@H](CO)[C@@H](O)[C@H]3O)c2n1.COc1nc(NCc2ccccc2)c2ncn([C@@H]3O[C@H](COP(=O)(O)CP(=O)(O)O)[C@@H](O)[C@H]3O)c2n1.O=P(Cl)(Cl)CP(=O)(Cl)Cl.OC[C@H]1O[C@@H](n2cnc3c(NCc4ccccc4)nc(Cl)nc32)[C@H](O)[C@@H]1O. The van der Waals surface area contributed by atoms with Crippen molar-refractivity contribution < 1.29 is 102 Å².